The van der Waals surface area contributed by atoms with Crippen LogP contribution in [0.4, 0.5) is 5.69 Å². The van der Waals surface area contributed by atoms with Gasteiger partial charge in [-0.25, -0.2) is 0 Å². The summed E-state index contributed by atoms with van der Waals surface area (Å²) in [5, 5.41) is 0. The molecule has 3 heteroatoms. The SMILES string of the molecule is Cc1cccc(C2=C3c4ccccc4N(C)C(=O)C3(C)CC(C)(C)C2=O)c1. The smallest absolute Gasteiger partial charge is 0.237 e. The van der Waals surface area contributed by atoms with E-state index in [-0.39, 0.29) is 11.7 Å². The fourth-order valence-electron chi connectivity index (χ4n) is 4.93. The number of allylic oxidation sites excluding steroid dienone is 1. The monoisotopic (exact) mass is 359 g/mol. The van der Waals surface area contributed by atoms with Crippen molar-refractivity contribution < 1.29 is 9.59 Å². The minimum Gasteiger partial charge on any atom is -0.314 e. The molecular formula is C24H25NO2. The van der Waals surface area contributed by atoms with Crippen LogP contribution >= 0.6 is 0 Å². The lowest BCUT2D eigenvalue weighted by molar-refractivity contribution is -0.129. The van der Waals surface area contributed by atoms with Crippen molar-refractivity contribution in [2.24, 2.45) is 10.8 Å². The van der Waals surface area contributed by atoms with Crippen LogP contribution in [0.25, 0.3) is 11.1 Å². The molecule has 1 atom stereocenters. The highest BCUT2D eigenvalue weighted by molar-refractivity contribution is 6.35. The molecule has 1 amide bonds. The normalized spacial score (nSPS) is 24.0. The molecule has 0 N–H and O–H groups in total. The molecule has 0 saturated carbocycles. The van der Waals surface area contributed by atoms with Gasteiger partial charge in [0.1, 0.15) is 0 Å². The number of carbonyl (C=O) groups is 2. The van der Waals surface area contributed by atoms with E-state index in [9.17, 15) is 9.59 Å². The molecule has 4 rings (SSSR count). The van der Waals surface area contributed by atoms with Gasteiger partial charge in [0.05, 0.1) is 11.1 Å². The Balaban J connectivity index is 2.16. The number of nitrogens with zero attached hydrogens (tertiary/aromatic N) is 1. The largest absolute Gasteiger partial charge is 0.314 e. The molecule has 1 aliphatic carbocycles. The molecule has 1 aliphatic heterocycles. The summed E-state index contributed by atoms with van der Waals surface area (Å²) in [7, 11) is 1.83. The van der Waals surface area contributed by atoms with Crippen molar-refractivity contribution in [3.8, 4) is 0 Å². The number of benzene rings is 2. The van der Waals surface area contributed by atoms with Crippen LogP contribution in [0.5, 0.6) is 0 Å². The first-order valence-corrected chi connectivity index (χ1v) is 9.41. The zero-order chi connectivity index (χ0) is 19.6. The lowest BCUT2D eigenvalue weighted by Crippen LogP contribution is -2.51. The second-order valence-electron chi connectivity index (χ2n) is 8.72. The van der Waals surface area contributed by atoms with Crippen LogP contribution in [0.2, 0.25) is 0 Å². The maximum Gasteiger partial charge on any atom is 0.237 e. The Labute approximate surface area is 160 Å². The predicted molar refractivity (Wildman–Crippen MR) is 109 cm³/mol. The van der Waals surface area contributed by atoms with Gasteiger partial charge in [-0.3, -0.25) is 9.59 Å². The minimum absolute atomic E-state index is 0.0573. The Kier molecular flexibility index (Phi) is 3.71. The highest BCUT2D eigenvalue weighted by atomic mass is 16.2. The van der Waals surface area contributed by atoms with Gasteiger partial charge < -0.3 is 4.90 Å². The predicted octanol–water partition coefficient (Wildman–Crippen LogP) is 4.89. The molecule has 1 unspecified atom stereocenters. The van der Waals surface area contributed by atoms with Gasteiger partial charge in [-0.2, -0.15) is 0 Å². The molecule has 2 aliphatic rings. The van der Waals surface area contributed by atoms with E-state index in [2.05, 4.69) is 0 Å². The molecule has 3 nitrogen and oxygen atoms in total. The zero-order valence-corrected chi connectivity index (χ0v) is 16.6. The Morgan fingerprint density at radius 3 is 2.37 bits per heavy atom. The lowest BCUT2D eigenvalue weighted by Gasteiger charge is -2.48. The van der Waals surface area contributed by atoms with Gasteiger partial charge in [-0.1, -0.05) is 61.9 Å². The van der Waals surface area contributed by atoms with Crippen LogP contribution in [0.15, 0.2) is 48.5 Å². The Bertz CT molecular complexity index is 1010. The van der Waals surface area contributed by atoms with E-state index in [4.69, 9.17) is 0 Å². The van der Waals surface area contributed by atoms with Gasteiger partial charge in [-0.05, 0) is 37.5 Å². The topological polar surface area (TPSA) is 37.4 Å². The van der Waals surface area contributed by atoms with Crippen LogP contribution in [0.3, 0.4) is 0 Å². The number of amides is 1. The summed E-state index contributed by atoms with van der Waals surface area (Å²) in [6.07, 6.45) is 0.515. The first kappa shape index (κ1) is 17.7. The summed E-state index contributed by atoms with van der Waals surface area (Å²) >= 11 is 0. The van der Waals surface area contributed by atoms with Crippen molar-refractivity contribution >= 4 is 28.5 Å². The summed E-state index contributed by atoms with van der Waals surface area (Å²) in [6, 6.07) is 16.0. The molecule has 0 aromatic heterocycles. The van der Waals surface area contributed by atoms with Gasteiger partial charge in [0.15, 0.2) is 5.78 Å². The van der Waals surface area contributed by atoms with E-state index >= 15 is 0 Å². The number of rotatable bonds is 1. The number of fused-ring (bicyclic) bond motifs is 3. The molecule has 0 saturated heterocycles. The van der Waals surface area contributed by atoms with Gasteiger partial charge in [-0.15, -0.1) is 0 Å². The third-order valence-electron chi connectivity index (χ3n) is 6.06. The summed E-state index contributed by atoms with van der Waals surface area (Å²) in [5.74, 6) is 0.176. The number of carbonyl (C=O) groups excluding carboxylic acids is 2. The maximum atomic E-state index is 13.6. The van der Waals surface area contributed by atoms with E-state index in [0.717, 1.165) is 28.0 Å². The Morgan fingerprint density at radius 2 is 1.67 bits per heavy atom. The number of aryl methyl sites for hydroxylation is 1. The third-order valence-corrected chi connectivity index (χ3v) is 6.06. The third kappa shape index (κ3) is 2.41. The Hall–Kier alpha value is -2.68. The molecule has 1 heterocycles. The Morgan fingerprint density at radius 1 is 0.963 bits per heavy atom. The molecule has 138 valence electrons. The highest BCUT2D eigenvalue weighted by Crippen LogP contribution is 2.58. The molecule has 0 radical (unpaired) electrons. The van der Waals surface area contributed by atoms with Crippen LogP contribution in [0.1, 0.15) is 43.9 Å². The zero-order valence-electron chi connectivity index (χ0n) is 16.6. The van der Waals surface area contributed by atoms with Crippen LogP contribution < -0.4 is 4.90 Å². The molecule has 0 spiro atoms. The van der Waals surface area contributed by atoms with Gasteiger partial charge in [0.2, 0.25) is 5.91 Å². The van der Waals surface area contributed by atoms with Gasteiger partial charge >= 0.3 is 0 Å². The van der Waals surface area contributed by atoms with E-state index in [1.807, 2.05) is 83.3 Å². The number of para-hydroxylation sites is 1. The fraction of sp³-hybridized carbons (Fsp3) is 0.333. The van der Waals surface area contributed by atoms with E-state index in [1.54, 1.807) is 4.90 Å². The van der Waals surface area contributed by atoms with E-state index < -0.39 is 10.8 Å². The van der Waals surface area contributed by atoms with Crippen molar-refractivity contribution in [2.45, 2.75) is 34.1 Å². The summed E-state index contributed by atoms with van der Waals surface area (Å²) < 4.78 is 0. The number of hydrogen-bond donors (Lipinski definition) is 0. The summed E-state index contributed by atoms with van der Waals surface area (Å²) in [6.45, 7) is 7.95. The average molecular weight is 359 g/mol. The van der Waals surface area contributed by atoms with Crippen molar-refractivity contribution in [1.82, 2.24) is 0 Å². The van der Waals surface area contributed by atoms with E-state index in [1.165, 1.54) is 0 Å². The standard InChI is InChI=1S/C24H25NO2/c1-15-9-8-10-16(13-15)19-20-17-11-6-7-12-18(17)25(5)22(27)24(20,4)14-23(2,3)21(19)26/h6-13H,14H2,1-5H3. The average Bonchev–Trinajstić information content (AvgIpc) is 2.62. The van der Waals surface area contributed by atoms with Crippen molar-refractivity contribution in [3.63, 3.8) is 0 Å². The minimum atomic E-state index is -0.723. The van der Waals surface area contributed by atoms with Crippen LogP contribution in [-0.4, -0.2) is 18.7 Å². The number of Topliss-reactive ketones (excluding diaryl/α,β-unsaturated/α-hetero) is 1. The summed E-state index contributed by atoms with van der Waals surface area (Å²) in [5.41, 5.74) is 4.13. The molecule has 2 aromatic carbocycles. The molecular weight excluding hydrogens is 334 g/mol. The van der Waals surface area contributed by atoms with Gasteiger partial charge in [0, 0.05) is 23.6 Å². The number of hydrogen-bond acceptors (Lipinski definition) is 2. The summed E-state index contributed by atoms with van der Waals surface area (Å²) in [4.78, 5) is 28.8. The second-order valence-corrected chi connectivity index (χ2v) is 8.72. The van der Waals surface area contributed by atoms with Gasteiger partial charge in [0.25, 0.3) is 0 Å². The number of ketones is 1. The quantitative estimate of drug-likeness (QED) is 0.727. The van der Waals surface area contributed by atoms with Crippen LogP contribution in [0, 0.1) is 17.8 Å². The molecule has 27 heavy (non-hydrogen) atoms. The van der Waals surface area contributed by atoms with Crippen molar-refractivity contribution in [2.75, 3.05) is 11.9 Å². The first-order chi connectivity index (χ1) is 12.7. The second kappa shape index (κ2) is 5.66. The molecule has 0 bridgehead atoms. The highest BCUT2D eigenvalue weighted by Gasteiger charge is 2.55. The lowest BCUT2D eigenvalue weighted by atomic mass is 9.57. The molecule has 0 fully saturated rings. The first-order valence-electron chi connectivity index (χ1n) is 9.41. The fourth-order valence-corrected chi connectivity index (χ4v) is 4.93. The number of anilines is 1. The van der Waals surface area contributed by atoms with Crippen molar-refractivity contribution in [1.29, 1.82) is 0 Å². The van der Waals surface area contributed by atoms with Crippen LogP contribution in [-0.2, 0) is 9.59 Å². The molecule has 2 aromatic rings. The van der Waals surface area contributed by atoms with E-state index in [0.29, 0.717) is 12.0 Å². The van der Waals surface area contributed by atoms with Crippen molar-refractivity contribution in [3.05, 3.63) is 65.2 Å². The maximum absolute atomic E-state index is 13.6.